The molecular weight excluding hydrogens is 575 g/mol. The molecule has 0 amide bonds. The summed E-state index contributed by atoms with van der Waals surface area (Å²) < 4.78 is 21.0. The second-order valence-electron chi connectivity index (χ2n) is 11.0. The van der Waals surface area contributed by atoms with Gasteiger partial charge >= 0.3 is 5.97 Å². The monoisotopic (exact) mass is 622 g/mol. The molecule has 0 aliphatic carbocycles. The van der Waals surface area contributed by atoms with Crippen LogP contribution in [0, 0.1) is 0 Å². The van der Waals surface area contributed by atoms with Crippen LogP contribution in [-0.2, 0) is 18.4 Å². The number of cyclic esters (lactones) is 1. The van der Waals surface area contributed by atoms with E-state index in [0.29, 0.717) is 12.8 Å². The Labute approximate surface area is 223 Å². The van der Waals surface area contributed by atoms with E-state index in [1.165, 1.54) is 6.08 Å². The minimum absolute atomic E-state index is 0.0715. The Morgan fingerprint density at radius 2 is 1.79 bits per heavy atom. The lowest BCUT2D eigenvalue weighted by molar-refractivity contribution is -0.141. The second-order valence-corrected chi connectivity index (χ2v) is 21.2. The Hall–Kier alpha value is -0.266. The van der Waals surface area contributed by atoms with Gasteiger partial charge in [-0.05, 0) is 53.3 Å². The molecule has 0 aromatic rings. The molecule has 0 spiro atoms. The zero-order valence-corrected chi connectivity index (χ0v) is 26.8. The van der Waals surface area contributed by atoms with E-state index in [1.807, 2.05) is 35.3 Å². The standard InChI is InChI=1S/C26H47IO5Si2/c1-10-34(11-2,12-3)32-26(7,18-16-21-14-13-15-24(29)30-21)23(28)20-22(17-19-27)31-33(8,9)25(4,5)6/h13,15-19,21-23,28H,10-12,14,20H2,1-9H3/b18-16?,19-17-/t21-,22+,23-,26+/m1/s1. The highest BCUT2D eigenvalue weighted by Crippen LogP contribution is 2.39. The summed E-state index contributed by atoms with van der Waals surface area (Å²) in [5.41, 5.74) is -0.907. The Balaban J connectivity index is 3.26. The largest absolute Gasteiger partial charge is 0.455 e. The van der Waals surface area contributed by atoms with Gasteiger partial charge in [0.2, 0.25) is 0 Å². The summed E-state index contributed by atoms with van der Waals surface area (Å²) in [6, 6.07) is 2.94. The van der Waals surface area contributed by atoms with Gasteiger partial charge < -0.3 is 18.7 Å². The van der Waals surface area contributed by atoms with Gasteiger partial charge in [-0.3, -0.25) is 0 Å². The average molecular weight is 623 g/mol. The molecule has 1 N–H and O–H groups in total. The van der Waals surface area contributed by atoms with Crippen LogP contribution in [0.15, 0.2) is 34.5 Å². The fourth-order valence-corrected chi connectivity index (χ4v) is 8.67. The predicted octanol–water partition coefficient (Wildman–Crippen LogP) is 7.28. The van der Waals surface area contributed by atoms with Crippen LogP contribution in [0.3, 0.4) is 0 Å². The van der Waals surface area contributed by atoms with Gasteiger partial charge in [-0.25, -0.2) is 4.79 Å². The number of aliphatic hydroxyl groups excluding tert-OH is 1. The van der Waals surface area contributed by atoms with E-state index < -0.39 is 28.3 Å². The molecule has 0 fully saturated rings. The van der Waals surface area contributed by atoms with Crippen LogP contribution in [0.1, 0.15) is 61.3 Å². The molecule has 0 aromatic heterocycles. The van der Waals surface area contributed by atoms with E-state index >= 15 is 0 Å². The quantitative estimate of drug-likeness (QED) is 0.101. The van der Waals surface area contributed by atoms with Crippen molar-refractivity contribution >= 4 is 45.2 Å². The van der Waals surface area contributed by atoms with E-state index in [9.17, 15) is 9.90 Å². The highest BCUT2D eigenvalue weighted by atomic mass is 127. The van der Waals surface area contributed by atoms with Crippen molar-refractivity contribution in [1.29, 1.82) is 0 Å². The minimum Gasteiger partial charge on any atom is -0.455 e. The van der Waals surface area contributed by atoms with Crippen molar-refractivity contribution < 1.29 is 23.5 Å². The smallest absolute Gasteiger partial charge is 0.331 e. The zero-order valence-electron chi connectivity index (χ0n) is 22.7. The number of ether oxygens (including phenoxy) is 1. The summed E-state index contributed by atoms with van der Waals surface area (Å²) in [6.45, 7) is 19.7. The Morgan fingerprint density at radius 1 is 1.21 bits per heavy atom. The molecule has 34 heavy (non-hydrogen) atoms. The van der Waals surface area contributed by atoms with E-state index in [-0.39, 0.29) is 23.2 Å². The van der Waals surface area contributed by atoms with E-state index in [0.717, 1.165) is 18.1 Å². The van der Waals surface area contributed by atoms with Crippen molar-refractivity contribution in [2.24, 2.45) is 0 Å². The molecule has 196 valence electrons. The maximum atomic E-state index is 11.7. The summed E-state index contributed by atoms with van der Waals surface area (Å²) in [4.78, 5) is 11.7. The summed E-state index contributed by atoms with van der Waals surface area (Å²) in [5, 5.41) is 11.7. The molecule has 5 nitrogen and oxygen atoms in total. The third-order valence-corrected chi connectivity index (χ3v) is 17.2. The number of rotatable bonds is 13. The van der Waals surface area contributed by atoms with Gasteiger partial charge in [0.05, 0.1) is 17.8 Å². The van der Waals surface area contributed by atoms with E-state index in [4.69, 9.17) is 13.6 Å². The number of carbonyl (C=O) groups excluding carboxylic acids is 1. The van der Waals surface area contributed by atoms with Crippen molar-refractivity contribution in [3.8, 4) is 0 Å². The fourth-order valence-electron chi connectivity index (χ4n) is 3.85. The predicted molar refractivity (Wildman–Crippen MR) is 155 cm³/mol. The highest BCUT2D eigenvalue weighted by molar-refractivity contribution is 14.1. The van der Waals surface area contributed by atoms with Crippen LogP contribution in [0.4, 0.5) is 0 Å². The molecule has 8 heteroatoms. The lowest BCUT2D eigenvalue weighted by Crippen LogP contribution is -2.52. The van der Waals surface area contributed by atoms with Crippen LogP contribution in [0.25, 0.3) is 0 Å². The second kappa shape index (κ2) is 13.3. The molecule has 0 saturated heterocycles. The molecule has 0 bridgehead atoms. The number of hydrogen-bond donors (Lipinski definition) is 1. The maximum Gasteiger partial charge on any atom is 0.331 e. The van der Waals surface area contributed by atoms with Crippen molar-refractivity contribution in [3.63, 3.8) is 0 Å². The number of aliphatic hydroxyl groups is 1. The third-order valence-electron chi connectivity index (χ3n) is 7.56. The first-order valence-corrected chi connectivity index (χ1v) is 19.2. The zero-order chi connectivity index (χ0) is 26.2. The first-order chi connectivity index (χ1) is 15.7. The molecule has 1 aliphatic heterocycles. The van der Waals surface area contributed by atoms with Gasteiger partial charge in [0.1, 0.15) is 6.10 Å². The number of hydrogen-bond acceptors (Lipinski definition) is 5. The van der Waals surface area contributed by atoms with Gasteiger partial charge in [-0.15, -0.1) is 0 Å². The fraction of sp³-hybridized carbons (Fsp3) is 0.731. The lowest BCUT2D eigenvalue weighted by Gasteiger charge is -2.43. The first-order valence-electron chi connectivity index (χ1n) is 12.6. The maximum absolute atomic E-state index is 11.7. The van der Waals surface area contributed by atoms with Gasteiger partial charge in [-0.2, -0.15) is 0 Å². The molecule has 0 aromatic carbocycles. The molecule has 1 heterocycles. The van der Waals surface area contributed by atoms with Crippen LogP contribution in [0.5, 0.6) is 0 Å². The lowest BCUT2D eigenvalue weighted by atomic mass is 9.93. The van der Waals surface area contributed by atoms with Gasteiger partial charge in [0.15, 0.2) is 16.6 Å². The van der Waals surface area contributed by atoms with Crippen LogP contribution < -0.4 is 0 Å². The van der Waals surface area contributed by atoms with Crippen LogP contribution in [0.2, 0.25) is 36.3 Å². The molecule has 4 atom stereocenters. The first kappa shape index (κ1) is 31.8. The minimum atomic E-state index is -2.05. The molecule has 0 radical (unpaired) electrons. The summed E-state index contributed by atoms with van der Waals surface area (Å²) in [7, 11) is -4.08. The van der Waals surface area contributed by atoms with Gasteiger partial charge in [0.25, 0.3) is 0 Å². The van der Waals surface area contributed by atoms with Crippen LogP contribution >= 0.6 is 22.6 Å². The average Bonchev–Trinajstić information content (AvgIpc) is 2.75. The topological polar surface area (TPSA) is 65.0 Å². The van der Waals surface area contributed by atoms with Gasteiger partial charge in [0, 0.05) is 18.9 Å². The molecule has 1 rings (SSSR count). The van der Waals surface area contributed by atoms with Crippen molar-refractivity contribution in [1.82, 2.24) is 0 Å². The summed E-state index contributed by atoms with van der Waals surface area (Å²) >= 11 is 2.21. The Kier molecular flexibility index (Phi) is 12.5. The summed E-state index contributed by atoms with van der Waals surface area (Å²) in [5.74, 6) is -0.335. The molecule has 0 saturated carbocycles. The third kappa shape index (κ3) is 8.99. The number of halogens is 1. The van der Waals surface area contributed by atoms with Crippen molar-refractivity contribution in [3.05, 3.63) is 34.5 Å². The van der Waals surface area contributed by atoms with E-state index in [2.05, 4.69) is 77.2 Å². The van der Waals surface area contributed by atoms with Crippen molar-refractivity contribution in [2.75, 3.05) is 0 Å². The number of esters is 1. The molecule has 1 aliphatic rings. The normalized spacial score (nSPS) is 21.6. The SMILES string of the molecule is CC[Si](CC)(CC)O[C@@](C)(C=C[C@H]1CC=CC(=O)O1)[C@H](O)C[C@H](/C=C\I)O[Si](C)(C)C(C)(C)C. The molecular formula is C26H47IO5Si2. The van der Waals surface area contributed by atoms with E-state index in [1.54, 1.807) is 0 Å². The molecule has 0 unspecified atom stereocenters. The van der Waals surface area contributed by atoms with Crippen LogP contribution in [-0.4, -0.2) is 51.6 Å². The Morgan fingerprint density at radius 3 is 2.26 bits per heavy atom. The number of carbonyl (C=O) groups is 1. The highest BCUT2D eigenvalue weighted by Gasteiger charge is 2.43. The Bertz CT molecular complexity index is 732. The van der Waals surface area contributed by atoms with Crippen molar-refractivity contribution in [2.45, 2.75) is 121 Å². The van der Waals surface area contributed by atoms with Gasteiger partial charge in [-0.1, -0.05) is 82.4 Å². The summed E-state index contributed by atoms with van der Waals surface area (Å²) in [6.07, 6.45) is 8.84.